The van der Waals surface area contributed by atoms with Gasteiger partial charge in [-0.05, 0) is 43.0 Å². The van der Waals surface area contributed by atoms with Crippen LogP contribution in [-0.4, -0.2) is 22.2 Å². The quantitative estimate of drug-likeness (QED) is 0.718. The lowest BCUT2D eigenvalue weighted by molar-refractivity contribution is 0.0958. The van der Waals surface area contributed by atoms with Crippen molar-refractivity contribution >= 4 is 27.5 Å². The van der Waals surface area contributed by atoms with E-state index in [-0.39, 0.29) is 11.7 Å². The number of carbonyl (C=O) groups is 1. The predicted molar refractivity (Wildman–Crippen MR) is 99.6 cm³/mol. The van der Waals surface area contributed by atoms with Crippen LogP contribution in [0.2, 0.25) is 0 Å². The Labute approximate surface area is 150 Å². The number of amides is 1. The van der Waals surface area contributed by atoms with E-state index in [9.17, 15) is 9.18 Å². The van der Waals surface area contributed by atoms with Gasteiger partial charge in [-0.1, -0.05) is 26.0 Å². The molecule has 0 unspecified atom stereocenters. The molecule has 0 aliphatic rings. The average Bonchev–Trinajstić information content (AvgIpc) is 3.11. The van der Waals surface area contributed by atoms with Crippen LogP contribution >= 0.6 is 11.3 Å². The Hall–Kier alpha value is -2.21. The standard InChI is InChI=1S/C19H22FN3OS/c1-12(2)11-23-19-16(13(3)22-23)10-17(25-19)18(24)21-9-8-14-4-6-15(20)7-5-14/h4-7,10,12H,8-9,11H2,1-3H3,(H,21,24). The van der Waals surface area contributed by atoms with Crippen molar-refractivity contribution in [3.63, 3.8) is 0 Å². The van der Waals surface area contributed by atoms with Gasteiger partial charge in [-0.25, -0.2) is 4.39 Å². The van der Waals surface area contributed by atoms with Crippen LogP contribution < -0.4 is 5.32 Å². The smallest absolute Gasteiger partial charge is 0.261 e. The Balaban J connectivity index is 1.66. The highest BCUT2D eigenvalue weighted by atomic mass is 32.1. The summed E-state index contributed by atoms with van der Waals surface area (Å²) in [6.07, 6.45) is 0.678. The Morgan fingerprint density at radius 2 is 2.04 bits per heavy atom. The van der Waals surface area contributed by atoms with Crippen molar-refractivity contribution in [1.82, 2.24) is 15.1 Å². The van der Waals surface area contributed by atoms with E-state index in [1.54, 1.807) is 12.1 Å². The Morgan fingerprint density at radius 1 is 1.32 bits per heavy atom. The third-order valence-corrected chi connectivity index (χ3v) is 5.13. The minimum absolute atomic E-state index is 0.0705. The maximum absolute atomic E-state index is 12.9. The zero-order valence-electron chi connectivity index (χ0n) is 14.7. The van der Waals surface area contributed by atoms with E-state index in [4.69, 9.17) is 0 Å². The first-order chi connectivity index (χ1) is 11.9. The fraction of sp³-hybridized carbons (Fsp3) is 0.368. The third kappa shape index (κ3) is 4.07. The number of hydrogen-bond donors (Lipinski definition) is 1. The summed E-state index contributed by atoms with van der Waals surface area (Å²) in [5.74, 6) is 0.181. The molecule has 3 aromatic rings. The van der Waals surface area contributed by atoms with Crippen molar-refractivity contribution in [2.24, 2.45) is 5.92 Å². The van der Waals surface area contributed by atoms with Crippen LogP contribution in [0.3, 0.4) is 0 Å². The minimum atomic E-state index is -0.246. The summed E-state index contributed by atoms with van der Waals surface area (Å²) in [4.78, 5) is 14.2. The van der Waals surface area contributed by atoms with Gasteiger partial charge in [0.15, 0.2) is 0 Å². The monoisotopic (exact) mass is 359 g/mol. The molecule has 0 aliphatic heterocycles. The number of aromatic nitrogens is 2. The summed E-state index contributed by atoms with van der Waals surface area (Å²) in [7, 11) is 0. The van der Waals surface area contributed by atoms with E-state index in [1.807, 2.05) is 17.7 Å². The Morgan fingerprint density at radius 3 is 2.72 bits per heavy atom. The second-order valence-electron chi connectivity index (χ2n) is 6.62. The van der Waals surface area contributed by atoms with Gasteiger partial charge in [0.25, 0.3) is 5.91 Å². The first kappa shape index (κ1) is 17.6. The normalized spacial score (nSPS) is 11.4. The number of rotatable bonds is 6. The van der Waals surface area contributed by atoms with Gasteiger partial charge >= 0.3 is 0 Å². The Bertz CT molecular complexity index is 880. The molecule has 0 spiro atoms. The lowest BCUT2D eigenvalue weighted by atomic mass is 10.1. The molecule has 4 nitrogen and oxygen atoms in total. The number of carbonyl (C=O) groups excluding carboxylic acids is 1. The van der Waals surface area contributed by atoms with E-state index >= 15 is 0 Å². The van der Waals surface area contributed by atoms with Crippen molar-refractivity contribution in [3.8, 4) is 0 Å². The summed E-state index contributed by atoms with van der Waals surface area (Å²) in [5, 5.41) is 8.55. The molecular formula is C19H22FN3OS. The highest BCUT2D eigenvalue weighted by Gasteiger charge is 2.16. The molecule has 0 atom stereocenters. The summed E-state index contributed by atoms with van der Waals surface area (Å²) in [6.45, 7) is 7.65. The van der Waals surface area contributed by atoms with E-state index in [1.165, 1.54) is 23.5 Å². The van der Waals surface area contributed by atoms with Crippen molar-refractivity contribution in [3.05, 3.63) is 52.3 Å². The second-order valence-corrected chi connectivity index (χ2v) is 7.65. The number of nitrogens with one attached hydrogen (secondary N) is 1. The number of halogens is 1. The first-order valence-corrected chi connectivity index (χ1v) is 9.25. The molecule has 0 saturated carbocycles. The zero-order valence-corrected chi connectivity index (χ0v) is 15.5. The summed E-state index contributed by atoms with van der Waals surface area (Å²) < 4.78 is 14.9. The molecule has 1 N–H and O–H groups in total. The van der Waals surface area contributed by atoms with Gasteiger partial charge in [-0.2, -0.15) is 5.10 Å². The van der Waals surface area contributed by atoms with Gasteiger partial charge in [-0.15, -0.1) is 11.3 Å². The van der Waals surface area contributed by atoms with Crippen LogP contribution in [0, 0.1) is 18.7 Å². The largest absolute Gasteiger partial charge is 0.351 e. The van der Waals surface area contributed by atoms with Gasteiger partial charge in [0.05, 0.1) is 10.6 Å². The van der Waals surface area contributed by atoms with Gasteiger partial charge in [-0.3, -0.25) is 9.48 Å². The zero-order chi connectivity index (χ0) is 18.0. The number of aryl methyl sites for hydroxylation is 1. The molecule has 0 radical (unpaired) electrons. The number of nitrogens with zero attached hydrogens (tertiary/aromatic N) is 2. The van der Waals surface area contributed by atoms with Crippen molar-refractivity contribution in [1.29, 1.82) is 0 Å². The molecule has 2 heterocycles. The number of fused-ring (bicyclic) bond motifs is 1. The maximum atomic E-state index is 12.9. The third-order valence-electron chi connectivity index (χ3n) is 3.98. The molecule has 3 rings (SSSR count). The lowest BCUT2D eigenvalue weighted by Gasteiger charge is -2.05. The highest BCUT2D eigenvalue weighted by Crippen LogP contribution is 2.28. The predicted octanol–water partition coefficient (Wildman–Crippen LogP) is 4.17. The van der Waals surface area contributed by atoms with E-state index < -0.39 is 0 Å². The summed E-state index contributed by atoms with van der Waals surface area (Å²) in [5.41, 5.74) is 1.96. The van der Waals surface area contributed by atoms with Gasteiger partial charge < -0.3 is 5.32 Å². The van der Waals surface area contributed by atoms with Crippen molar-refractivity contribution in [2.45, 2.75) is 33.7 Å². The molecule has 25 heavy (non-hydrogen) atoms. The summed E-state index contributed by atoms with van der Waals surface area (Å²) in [6, 6.07) is 8.28. The molecular weight excluding hydrogens is 337 g/mol. The van der Waals surface area contributed by atoms with Crippen LogP contribution in [0.15, 0.2) is 30.3 Å². The molecule has 0 bridgehead atoms. The van der Waals surface area contributed by atoms with Crippen LogP contribution in [-0.2, 0) is 13.0 Å². The Kier molecular flexibility index (Phi) is 5.18. The first-order valence-electron chi connectivity index (χ1n) is 8.43. The number of benzene rings is 1. The fourth-order valence-electron chi connectivity index (χ4n) is 2.75. The van der Waals surface area contributed by atoms with Crippen LogP contribution in [0.4, 0.5) is 4.39 Å². The molecule has 0 aliphatic carbocycles. The van der Waals surface area contributed by atoms with Gasteiger partial charge in [0.2, 0.25) is 0 Å². The van der Waals surface area contributed by atoms with Crippen LogP contribution in [0.1, 0.15) is 34.8 Å². The maximum Gasteiger partial charge on any atom is 0.261 e. The van der Waals surface area contributed by atoms with Crippen LogP contribution in [0.5, 0.6) is 0 Å². The molecule has 0 saturated heterocycles. The fourth-order valence-corrected chi connectivity index (χ4v) is 3.84. The SMILES string of the molecule is Cc1nn(CC(C)C)c2sc(C(=O)NCCc3ccc(F)cc3)cc12. The molecule has 0 fully saturated rings. The molecule has 2 aromatic heterocycles. The molecule has 6 heteroatoms. The number of hydrogen-bond acceptors (Lipinski definition) is 3. The minimum Gasteiger partial charge on any atom is -0.351 e. The molecule has 132 valence electrons. The molecule has 1 aromatic carbocycles. The van der Waals surface area contributed by atoms with Gasteiger partial charge in [0, 0.05) is 18.5 Å². The van der Waals surface area contributed by atoms with E-state index in [2.05, 4.69) is 24.3 Å². The van der Waals surface area contributed by atoms with Crippen molar-refractivity contribution in [2.75, 3.05) is 6.54 Å². The topological polar surface area (TPSA) is 46.9 Å². The van der Waals surface area contributed by atoms with Crippen molar-refractivity contribution < 1.29 is 9.18 Å². The summed E-state index contributed by atoms with van der Waals surface area (Å²) >= 11 is 1.48. The van der Waals surface area contributed by atoms with E-state index in [0.717, 1.165) is 28.0 Å². The average molecular weight is 359 g/mol. The molecule has 1 amide bonds. The highest BCUT2D eigenvalue weighted by molar-refractivity contribution is 7.20. The number of thiophene rings is 1. The van der Waals surface area contributed by atoms with E-state index in [0.29, 0.717) is 23.8 Å². The van der Waals surface area contributed by atoms with Gasteiger partial charge in [0.1, 0.15) is 10.6 Å². The van der Waals surface area contributed by atoms with Crippen LogP contribution in [0.25, 0.3) is 10.2 Å². The second kappa shape index (κ2) is 7.35. The lowest BCUT2D eigenvalue weighted by Crippen LogP contribution is -2.24.